The second-order valence-corrected chi connectivity index (χ2v) is 3.56. The third kappa shape index (κ3) is 3.98. The van der Waals surface area contributed by atoms with Gasteiger partial charge in [0.15, 0.2) is 0 Å². The van der Waals surface area contributed by atoms with Crippen LogP contribution in [0.5, 0.6) is 0 Å². The Balaban J connectivity index is 0.000000160. The molecule has 0 bridgehead atoms. The molecule has 0 unspecified atom stereocenters. The van der Waals surface area contributed by atoms with Gasteiger partial charge in [0.25, 0.3) is 0 Å². The summed E-state index contributed by atoms with van der Waals surface area (Å²) in [7, 11) is 0. The average Bonchev–Trinajstić information content (AvgIpc) is 2.35. The van der Waals surface area contributed by atoms with Gasteiger partial charge in [0.2, 0.25) is 0 Å². The Labute approximate surface area is 97.0 Å². The average molecular weight is 209 g/mol. The Morgan fingerprint density at radius 2 is 1.19 bits per heavy atom. The van der Waals surface area contributed by atoms with Gasteiger partial charge in [-0.15, -0.1) is 0 Å². The molecule has 0 heterocycles. The Hall–Kier alpha value is -2.07. The Morgan fingerprint density at radius 3 is 1.50 bits per heavy atom. The van der Waals surface area contributed by atoms with Crippen molar-refractivity contribution in [2.24, 2.45) is 0 Å². The highest BCUT2D eigenvalue weighted by Crippen LogP contribution is 2.02. The van der Waals surface area contributed by atoms with E-state index >= 15 is 0 Å². The summed E-state index contributed by atoms with van der Waals surface area (Å²) in [5.41, 5.74) is 3.45. The maximum absolute atomic E-state index is 8.29. The molecular weight excluding hydrogens is 194 g/mol. The second kappa shape index (κ2) is 6.42. The van der Waals surface area contributed by atoms with Crippen LogP contribution in [0.3, 0.4) is 0 Å². The zero-order valence-corrected chi connectivity index (χ0v) is 9.64. The van der Waals surface area contributed by atoms with Crippen LogP contribution in [0.2, 0.25) is 0 Å². The fourth-order valence-electron chi connectivity index (χ4n) is 1.18. The highest BCUT2D eigenvalue weighted by Gasteiger charge is 1.83. The summed E-state index contributed by atoms with van der Waals surface area (Å²) in [4.78, 5) is 0. The van der Waals surface area contributed by atoms with Gasteiger partial charge < -0.3 is 0 Å². The van der Waals surface area contributed by atoms with Crippen molar-refractivity contribution in [3.05, 3.63) is 71.3 Å². The third-order valence-electron chi connectivity index (χ3n) is 2.33. The minimum absolute atomic E-state index is 0.715. The van der Waals surface area contributed by atoms with Gasteiger partial charge in [-0.1, -0.05) is 42.5 Å². The lowest BCUT2D eigenvalue weighted by Crippen LogP contribution is -1.74. The van der Waals surface area contributed by atoms with E-state index in [0.29, 0.717) is 5.56 Å². The number of hydrogen-bond acceptors (Lipinski definition) is 1. The molecule has 0 aliphatic heterocycles. The molecule has 0 spiro atoms. The topological polar surface area (TPSA) is 23.8 Å². The Kier molecular flexibility index (Phi) is 4.82. The Morgan fingerprint density at radius 1 is 0.750 bits per heavy atom. The number of nitrogens with zero attached hydrogens (tertiary/aromatic N) is 1. The number of benzene rings is 2. The van der Waals surface area contributed by atoms with Crippen molar-refractivity contribution in [3.63, 3.8) is 0 Å². The van der Waals surface area contributed by atoms with Crippen LogP contribution in [0.15, 0.2) is 54.6 Å². The molecule has 2 aromatic carbocycles. The lowest BCUT2D eigenvalue weighted by Gasteiger charge is -1.93. The van der Waals surface area contributed by atoms with Crippen molar-refractivity contribution in [2.45, 2.75) is 13.8 Å². The molecule has 0 N–H and O–H groups in total. The zero-order chi connectivity index (χ0) is 11.8. The van der Waals surface area contributed by atoms with E-state index < -0.39 is 0 Å². The molecule has 0 atom stereocenters. The van der Waals surface area contributed by atoms with Crippen LogP contribution >= 0.6 is 0 Å². The van der Waals surface area contributed by atoms with Crippen LogP contribution in [0.25, 0.3) is 0 Å². The monoisotopic (exact) mass is 209 g/mol. The second-order valence-electron chi connectivity index (χ2n) is 3.56. The molecule has 0 aliphatic carbocycles. The standard InChI is InChI=1S/C8H10.C7H5N/c1-7-5-3-4-6-8(7)2;8-6-7-4-2-1-3-5-7/h3-6H,1-2H3;1-5H. The smallest absolute Gasteiger partial charge is 0.0991 e. The van der Waals surface area contributed by atoms with Crippen molar-refractivity contribution in [3.8, 4) is 6.07 Å². The van der Waals surface area contributed by atoms with Gasteiger partial charge in [-0.2, -0.15) is 5.26 Å². The van der Waals surface area contributed by atoms with Crippen molar-refractivity contribution in [2.75, 3.05) is 0 Å². The van der Waals surface area contributed by atoms with Crippen LogP contribution < -0.4 is 0 Å². The number of aryl methyl sites for hydroxylation is 2. The summed E-state index contributed by atoms with van der Waals surface area (Å²) in [5.74, 6) is 0. The van der Waals surface area contributed by atoms with E-state index in [1.54, 1.807) is 12.1 Å². The minimum atomic E-state index is 0.715. The predicted molar refractivity (Wildman–Crippen MR) is 67.1 cm³/mol. The van der Waals surface area contributed by atoms with Gasteiger partial charge in [-0.05, 0) is 37.1 Å². The molecule has 1 heteroatoms. The van der Waals surface area contributed by atoms with Crippen LogP contribution in [0.1, 0.15) is 16.7 Å². The highest BCUT2D eigenvalue weighted by atomic mass is 14.2. The maximum Gasteiger partial charge on any atom is 0.0991 e. The first-order valence-electron chi connectivity index (χ1n) is 5.21. The summed E-state index contributed by atoms with van der Waals surface area (Å²) >= 11 is 0. The number of rotatable bonds is 0. The molecule has 1 nitrogen and oxygen atoms in total. The number of nitriles is 1. The molecule has 0 fully saturated rings. The summed E-state index contributed by atoms with van der Waals surface area (Å²) in [5, 5.41) is 8.29. The quantitative estimate of drug-likeness (QED) is 0.646. The van der Waals surface area contributed by atoms with Crippen molar-refractivity contribution >= 4 is 0 Å². The van der Waals surface area contributed by atoms with Gasteiger partial charge in [0, 0.05) is 0 Å². The van der Waals surface area contributed by atoms with E-state index in [1.165, 1.54) is 11.1 Å². The SMILES string of the molecule is Cc1ccccc1C.N#Cc1ccccc1. The maximum atomic E-state index is 8.29. The molecule has 80 valence electrons. The van der Waals surface area contributed by atoms with Gasteiger partial charge in [0.1, 0.15) is 0 Å². The molecule has 0 aromatic heterocycles. The van der Waals surface area contributed by atoms with Crippen LogP contribution in [0, 0.1) is 25.2 Å². The van der Waals surface area contributed by atoms with E-state index in [0.717, 1.165) is 0 Å². The van der Waals surface area contributed by atoms with E-state index in [9.17, 15) is 0 Å². The molecule has 16 heavy (non-hydrogen) atoms. The first-order valence-corrected chi connectivity index (χ1v) is 5.21. The summed E-state index contributed by atoms with van der Waals surface area (Å²) in [6.45, 7) is 4.24. The largest absolute Gasteiger partial charge is 0.192 e. The first-order chi connectivity index (χ1) is 7.74. The fourth-order valence-corrected chi connectivity index (χ4v) is 1.18. The third-order valence-corrected chi connectivity index (χ3v) is 2.33. The Bertz CT molecular complexity index is 445. The molecular formula is C15H15N. The minimum Gasteiger partial charge on any atom is -0.192 e. The molecule has 0 saturated carbocycles. The van der Waals surface area contributed by atoms with E-state index in [4.69, 9.17) is 5.26 Å². The van der Waals surface area contributed by atoms with Crippen molar-refractivity contribution in [1.29, 1.82) is 5.26 Å². The van der Waals surface area contributed by atoms with Crippen molar-refractivity contribution in [1.82, 2.24) is 0 Å². The summed E-state index contributed by atoms with van der Waals surface area (Å²) in [6.07, 6.45) is 0. The fraction of sp³-hybridized carbons (Fsp3) is 0.133. The summed E-state index contributed by atoms with van der Waals surface area (Å²) < 4.78 is 0. The van der Waals surface area contributed by atoms with Gasteiger partial charge in [0.05, 0.1) is 11.6 Å². The summed E-state index contributed by atoms with van der Waals surface area (Å²) in [6, 6.07) is 19.5. The molecule has 0 radical (unpaired) electrons. The van der Waals surface area contributed by atoms with Crippen molar-refractivity contribution < 1.29 is 0 Å². The molecule has 2 rings (SSSR count). The normalized spacial score (nSPS) is 8.56. The van der Waals surface area contributed by atoms with Crippen LogP contribution in [-0.2, 0) is 0 Å². The number of hydrogen-bond donors (Lipinski definition) is 0. The van der Waals surface area contributed by atoms with Crippen LogP contribution in [-0.4, -0.2) is 0 Å². The van der Waals surface area contributed by atoms with E-state index in [2.05, 4.69) is 38.1 Å². The van der Waals surface area contributed by atoms with Gasteiger partial charge in [-0.3, -0.25) is 0 Å². The zero-order valence-electron chi connectivity index (χ0n) is 9.64. The van der Waals surface area contributed by atoms with Gasteiger partial charge in [-0.25, -0.2) is 0 Å². The van der Waals surface area contributed by atoms with E-state index in [1.807, 2.05) is 24.3 Å². The van der Waals surface area contributed by atoms with E-state index in [-0.39, 0.29) is 0 Å². The molecule has 2 aromatic rings. The lowest BCUT2D eigenvalue weighted by molar-refractivity contribution is 1.34. The molecule has 0 saturated heterocycles. The molecule has 0 aliphatic rings. The first kappa shape index (κ1) is 12.0. The molecule has 0 amide bonds. The predicted octanol–water partition coefficient (Wildman–Crippen LogP) is 3.86. The van der Waals surface area contributed by atoms with Gasteiger partial charge >= 0.3 is 0 Å². The lowest BCUT2D eigenvalue weighted by atomic mass is 10.1. The highest BCUT2D eigenvalue weighted by molar-refractivity contribution is 5.27. The van der Waals surface area contributed by atoms with Crippen LogP contribution in [0.4, 0.5) is 0 Å².